The lowest BCUT2D eigenvalue weighted by Crippen LogP contribution is -2.10. The van der Waals surface area contributed by atoms with Crippen LogP contribution in [0.3, 0.4) is 0 Å². The van der Waals surface area contributed by atoms with Crippen molar-refractivity contribution in [1.29, 1.82) is 0 Å². The first kappa shape index (κ1) is 9.44. The van der Waals surface area contributed by atoms with Gasteiger partial charge >= 0.3 is 5.97 Å². The Balaban J connectivity index is 2.64. The van der Waals surface area contributed by atoms with Crippen LogP contribution in [0.5, 0.6) is 0 Å². The lowest BCUT2D eigenvalue weighted by molar-refractivity contribution is -0.139. The molecule has 0 saturated carbocycles. The Bertz CT molecular complexity index is 330. The summed E-state index contributed by atoms with van der Waals surface area (Å²) in [5.41, 5.74) is 0.285. The van der Waals surface area contributed by atoms with Gasteiger partial charge in [-0.15, -0.1) is 0 Å². The van der Waals surface area contributed by atoms with Gasteiger partial charge in [0.1, 0.15) is 12.1 Å². The van der Waals surface area contributed by atoms with Crippen LogP contribution in [0, 0.1) is 0 Å². The molecule has 13 heavy (non-hydrogen) atoms. The number of Topliss-reactive ketones (excluding diaryl/α,β-unsaturated/α-hetero) is 1. The van der Waals surface area contributed by atoms with E-state index in [0.717, 1.165) is 0 Å². The van der Waals surface area contributed by atoms with E-state index in [1.54, 1.807) is 19.3 Å². The molecule has 0 saturated heterocycles. The second-order valence-electron chi connectivity index (χ2n) is 2.55. The van der Waals surface area contributed by atoms with Gasteiger partial charge in [0.2, 0.25) is 0 Å². The normalized spacial score (nSPS) is 9.69. The van der Waals surface area contributed by atoms with E-state index < -0.39 is 5.97 Å². The number of ether oxygens (including phenoxy) is 1. The molecule has 0 aliphatic heterocycles. The number of nitrogens with zero attached hydrogens (tertiary/aromatic N) is 2. The second kappa shape index (κ2) is 3.84. The third-order valence-electron chi connectivity index (χ3n) is 1.53. The number of methoxy groups -OCH3 is 1. The molecule has 0 radical (unpaired) electrons. The van der Waals surface area contributed by atoms with Crippen LogP contribution in [0.15, 0.2) is 12.3 Å². The number of esters is 1. The Hall–Kier alpha value is -1.65. The molecule has 0 spiro atoms. The molecule has 1 aromatic rings. The first-order chi connectivity index (χ1) is 6.13. The smallest absolute Gasteiger partial charge is 0.313 e. The quantitative estimate of drug-likeness (QED) is 0.379. The number of rotatable bonds is 3. The van der Waals surface area contributed by atoms with Crippen molar-refractivity contribution >= 4 is 11.8 Å². The van der Waals surface area contributed by atoms with Gasteiger partial charge in [-0.2, -0.15) is 5.10 Å². The maximum Gasteiger partial charge on any atom is 0.313 e. The molecule has 0 aliphatic rings. The number of carbonyl (C=O) groups is 2. The molecule has 5 nitrogen and oxygen atoms in total. The number of hydrogen-bond acceptors (Lipinski definition) is 4. The highest BCUT2D eigenvalue weighted by Crippen LogP contribution is 2.00. The highest BCUT2D eigenvalue weighted by Gasteiger charge is 2.13. The van der Waals surface area contributed by atoms with E-state index >= 15 is 0 Å². The van der Waals surface area contributed by atoms with Crippen molar-refractivity contribution in [3.63, 3.8) is 0 Å². The van der Waals surface area contributed by atoms with Crippen LogP contribution in [0.25, 0.3) is 0 Å². The molecular weight excluding hydrogens is 172 g/mol. The fraction of sp³-hybridized carbons (Fsp3) is 0.375. The van der Waals surface area contributed by atoms with E-state index in [-0.39, 0.29) is 17.9 Å². The topological polar surface area (TPSA) is 61.2 Å². The first-order valence-corrected chi connectivity index (χ1v) is 3.73. The predicted octanol–water partition coefficient (Wildman–Crippen LogP) is 0.166. The predicted molar refractivity (Wildman–Crippen MR) is 44.2 cm³/mol. The summed E-state index contributed by atoms with van der Waals surface area (Å²) in [5, 5.41) is 3.86. The summed E-state index contributed by atoms with van der Waals surface area (Å²) in [6.45, 7) is 0. The summed E-state index contributed by atoms with van der Waals surface area (Å²) in [4.78, 5) is 22.0. The van der Waals surface area contributed by atoms with E-state index in [1.165, 1.54) is 11.8 Å². The van der Waals surface area contributed by atoms with Crippen LogP contribution in [-0.4, -0.2) is 28.6 Å². The molecule has 0 bridgehead atoms. The van der Waals surface area contributed by atoms with E-state index in [9.17, 15) is 9.59 Å². The fourth-order valence-corrected chi connectivity index (χ4v) is 0.858. The molecule has 1 heterocycles. The number of carbonyl (C=O) groups excluding carboxylic acids is 2. The highest BCUT2D eigenvalue weighted by molar-refractivity contribution is 6.04. The van der Waals surface area contributed by atoms with E-state index in [0.29, 0.717) is 0 Å². The van der Waals surface area contributed by atoms with Crippen molar-refractivity contribution in [3.8, 4) is 0 Å². The minimum absolute atomic E-state index is 0.256. The van der Waals surface area contributed by atoms with Crippen molar-refractivity contribution in [2.45, 2.75) is 6.42 Å². The molecule has 1 rings (SSSR count). The SMILES string of the molecule is COC(=O)CC(=O)c1ccn(C)n1. The zero-order valence-electron chi connectivity index (χ0n) is 7.48. The van der Waals surface area contributed by atoms with Gasteiger partial charge in [-0.05, 0) is 6.07 Å². The number of hydrogen-bond donors (Lipinski definition) is 0. The highest BCUT2D eigenvalue weighted by atomic mass is 16.5. The Labute approximate surface area is 75.3 Å². The van der Waals surface area contributed by atoms with Gasteiger partial charge in [0.25, 0.3) is 0 Å². The molecule has 0 aromatic carbocycles. The van der Waals surface area contributed by atoms with Crippen LogP contribution in [-0.2, 0) is 16.6 Å². The van der Waals surface area contributed by atoms with Crippen LogP contribution in [0.4, 0.5) is 0 Å². The van der Waals surface area contributed by atoms with Crippen molar-refractivity contribution in [3.05, 3.63) is 18.0 Å². The van der Waals surface area contributed by atoms with Gasteiger partial charge in [0.05, 0.1) is 7.11 Å². The summed E-state index contributed by atoms with van der Waals surface area (Å²) in [6, 6.07) is 1.56. The summed E-state index contributed by atoms with van der Waals surface area (Å²) in [5.74, 6) is -0.872. The number of aromatic nitrogens is 2. The van der Waals surface area contributed by atoms with Crippen molar-refractivity contribution in [2.24, 2.45) is 7.05 Å². The van der Waals surface area contributed by atoms with E-state index in [2.05, 4.69) is 9.84 Å². The van der Waals surface area contributed by atoms with Crippen molar-refractivity contribution in [1.82, 2.24) is 9.78 Å². The average molecular weight is 182 g/mol. The molecular formula is C8H10N2O3. The molecule has 1 aromatic heterocycles. The third-order valence-corrected chi connectivity index (χ3v) is 1.53. The third kappa shape index (κ3) is 2.40. The minimum Gasteiger partial charge on any atom is -0.469 e. The van der Waals surface area contributed by atoms with Gasteiger partial charge in [-0.25, -0.2) is 0 Å². The minimum atomic E-state index is -0.546. The lowest BCUT2D eigenvalue weighted by atomic mass is 10.2. The monoisotopic (exact) mass is 182 g/mol. The van der Waals surface area contributed by atoms with Crippen LogP contribution in [0.2, 0.25) is 0 Å². The first-order valence-electron chi connectivity index (χ1n) is 3.73. The molecule has 70 valence electrons. The summed E-state index contributed by atoms with van der Waals surface area (Å²) >= 11 is 0. The summed E-state index contributed by atoms with van der Waals surface area (Å²) in [6.07, 6.45) is 1.39. The van der Waals surface area contributed by atoms with Crippen molar-refractivity contribution < 1.29 is 14.3 Å². The Kier molecular flexibility index (Phi) is 2.79. The Morgan fingerprint density at radius 1 is 1.62 bits per heavy atom. The molecule has 0 unspecified atom stereocenters. The molecule has 0 N–H and O–H groups in total. The maximum absolute atomic E-state index is 11.3. The standard InChI is InChI=1S/C8H10N2O3/c1-10-4-3-6(9-10)7(11)5-8(12)13-2/h3-4H,5H2,1-2H3. The van der Waals surface area contributed by atoms with E-state index in [1.807, 2.05) is 0 Å². The fourth-order valence-electron chi connectivity index (χ4n) is 0.858. The average Bonchev–Trinajstić information content (AvgIpc) is 2.51. The van der Waals surface area contributed by atoms with Crippen LogP contribution < -0.4 is 0 Å². The Morgan fingerprint density at radius 3 is 2.77 bits per heavy atom. The van der Waals surface area contributed by atoms with Crippen LogP contribution in [0.1, 0.15) is 16.9 Å². The number of ketones is 1. The zero-order chi connectivity index (χ0) is 9.84. The molecule has 0 amide bonds. The van der Waals surface area contributed by atoms with E-state index in [4.69, 9.17) is 0 Å². The molecule has 0 fully saturated rings. The van der Waals surface area contributed by atoms with Gasteiger partial charge in [0, 0.05) is 13.2 Å². The summed E-state index contributed by atoms with van der Waals surface area (Å²) in [7, 11) is 2.95. The molecule has 0 atom stereocenters. The second-order valence-corrected chi connectivity index (χ2v) is 2.55. The van der Waals surface area contributed by atoms with Crippen molar-refractivity contribution in [2.75, 3.05) is 7.11 Å². The summed E-state index contributed by atoms with van der Waals surface area (Å²) < 4.78 is 5.86. The zero-order valence-corrected chi connectivity index (χ0v) is 7.48. The van der Waals surface area contributed by atoms with Crippen LogP contribution >= 0.6 is 0 Å². The van der Waals surface area contributed by atoms with Gasteiger partial charge in [0.15, 0.2) is 5.78 Å². The molecule has 0 aliphatic carbocycles. The molecule has 5 heteroatoms. The number of aryl methyl sites for hydroxylation is 1. The van der Waals surface area contributed by atoms with Gasteiger partial charge in [-0.1, -0.05) is 0 Å². The Morgan fingerprint density at radius 2 is 2.31 bits per heavy atom. The van der Waals surface area contributed by atoms with Gasteiger partial charge < -0.3 is 4.74 Å². The largest absolute Gasteiger partial charge is 0.469 e. The van der Waals surface area contributed by atoms with Gasteiger partial charge in [-0.3, -0.25) is 14.3 Å². The lowest BCUT2D eigenvalue weighted by Gasteiger charge is -1.95. The maximum atomic E-state index is 11.3.